The number of ether oxygens (including phenoxy) is 4. The van der Waals surface area contributed by atoms with Crippen molar-refractivity contribution in [2.75, 3.05) is 39.6 Å². The smallest absolute Gasteiger partial charge is 0.462 e. The molecule has 0 spiro atoms. The van der Waals surface area contributed by atoms with E-state index < -0.39 is 97.5 Å². The van der Waals surface area contributed by atoms with Crippen LogP contribution in [0.1, 0.15) is 389 Å². The number of carbonyl (C=O) groups excluding carboxylic acids is 4. The van der Waals surface area contributed by atoms with E-state index in [1.165, 1.54) is 193 Å². The molecule has 0 aromatic rings. The van der Waals surface area contributed by atoms with Crippen LogP contribution in [0.2, 0.25) is 0 Å². The zero-order valence-electron chi connectivity index (χ0n) is 62.1. The highest BCUT2D eigenvalue weighted by molar-refractivity contribution is 7.47. The van der Waals surface area contributed by atoms with Crippen LogP contribution in [-0.4, -0.2) is 96.7 Å². The molecule has 0 fully saturated rings. The summed E-state index contributed by atoms with van der Waals surface area (Å²) in [6.07, 6.45) is 52.6. The number of carbonyl (C=O) groups is 4. The van der Waals surface area contributed by atoms with Crippen LogP contribution in [0.5, 0.6) is 0 Å². The van der Waals surface area contributed by atoms with Gasteiger partial charge in [-0.2, -0.15) is 0 Å². The monoisotopic (exact) mass is 1400 g/mol. The first-order chi connectivity index (χ1) is 45.8. The molecule has 0 amide bonds. The minimum Gasteiger partial charge on any atom is -0.462 e. The predicted octanol–water partition coefficient (Wildman–Crippen LogP) is 22.2. The Balaban J connectivity index is 5.25. The van der Waals surface area contributed by atoms with Crippen LogP contribution in [0.4, 0.5) is 0 Å². The Morgan fingerprint density at radius 1 is 0.305 bits per heavy atom. The molecule has 0 aliphatic heterocycles. The fourth-order valence-corrected chi connectivity index (χ4v) is 13.1. The highest BCUT2D eigenvalue weighted by Gasteiger charge is 2.30. The summed E-state index contributed by atoms with van der Waals surface area (Å²) in [4.78, 5) is 72.8. The van der Waals surface area contributed by atoms with Crippen molar-refractivity contribution in [3.8, 4) is 0 Å². The third kappa shape index (κ3) is 67.6. The molecule has 0 aromatic heterocycles. The molecule has 564 valence electrons. The topological polar surface area (TPSA) is 237 Å². The Labute approximate surface area is 581 Å². The van der Waals surface area contributed by atoms with Crippen molar-refractivity contribution in [3.63, 3.8) is 0 Å². The highest BCUT2D eigenvalue weighted by atomic mass is 31.2. The van der Waals surface area contributed by atoms with Gasteiger partial charge in [0, 0.05) is 25.7 Å². The molecule has 0 bridgehead atoms. The van der Waals surface area contributed by atoms with Crippen LogP contribution in [0, 0.1) is 17.8 Å². The second-order valence-corrected chi connectivity index (χ2v) is 31.3. The van der Waals surface area contributed by atoms with Crippen LogP contribution < -0.4 is 0 Å². The summed E-state index contributed by atoms with van der Waals surface area (Å²) in [6.45, 7) is 11.9. The van der Waals surface area contributed by atoms with E-state index in [9.17, 15) is 43.2 Å². The summed E-state index contributed by atoms with van der Waals surface area (Å²) < 4.78 is 68.5. The van der Waals surface area contributed by atoms with Crippen molar-refractivity contribution in [3.05, 3.63) is 0 Å². The van der Waals surface area contributed by atoms with Gasteiger partial charge in [0.25, 0.3) is 0 Å². The van der Waals surface area contributed by atoms with Gasteiger partial charge in [-0.05, 0) is 43.4 Å². The number of phosphoric acid groups is 2. The summed E-state index contributed by atoms with van der Waals surface area (Å²) in [7, 11) is -9.91. The van der Waals surface area contributed by atoms with Crippen LogP contribution in [0.15, 0.2) is 0 Å². The molecule has 4 unspecified atom stereocenters. The minimum atomic E-state index is -4.96. The molecule has 17 nitrogen and oxygen atoms in total. The number of phosphoric ester groups is 2. The third-order valence-electron chi connectivity index (χ3n) is 18.4. The highest BCUT2D eigenvalue weighted by Crippen LogP contribution is 2.45. The predicted molar refractivity (Wildman–Crippen MR) is 386 cm³/mol. The molecule has 7 atom stereocenters. The van der Waals surface area contributed by atoms with Gasteiger partial charge in [-0.1, -0.05) is 337 Å². The SMILES string of the molecule is CCCCCCCCCCCCCCC(=O)O[C@H](COC(=O)CCCCCCCCC(C)CC)COP(=O)(O)OC[C@H](O)COP(=O)(O)OC[C@@H](COC(=O)CCCCCCCCCCCCCCC(C)C)OC(=O)CCCCCCCCCCCCCCCCC(C)CC. The van der Waals surface area contributed by atoms with Crippen LogP contribution in [0.25, 0.3) is 0 Å². The van der Waals surface area contributed by atoms with Gasteiger partial charge in [0.1, 0.15) is 19.3 Å². The summed E-state index contributed by atoms with van der Waals surface area (Å²) in [5.74, 6) is 0.241. The second kappa shape index (κ2) is 66.6. The van der Waals surface area contributed by atoms with Gasteiger partial charge < -0.3 is 33.8 Å². The molecule has 95 heavy (non-hydrogen) atoms. The first-order valence-electron chi connectivity index (χ1n) is 39.4. The van der Waals surface area contributed by atoms with E-state index in [0.717, 1.165) is 114 Å². The third-order valence-corrected chi connectivity index (χ3v) is 20.3. The maximum absolute atomic E-state index is 13.1. The van der Waals surface area contributed by atoms with Gasteiger partial charge >= 0.3 is 39.5 Å². The standard InChI is InChI=1S/C76H148O17P2/c1-8-11-12-13-14-15-16-25-31-36-45-52-59-75(80)93-72(64-87-74(79)58-51-44-39-38-42-49-56-69(7)10-3)66-91-95(84,85)89-62-70(77)61-88-94(82,83)90-65-71(63-86-73(78)57-50-43-35-30-26-22-21-23-28-33-40-47-54-67(4)5)92-76(81)60-53-46-37-32-27-20-18-17-19-24-29-34-41-48-55-68(6)9-2/h67-72,77H,8-66H2,1-7H3,(H,82,83)(H,84,85)/t68?,69?,70-,71-,72-/m1/s1. The molecule has 0 aromatic carbocycles. The number of hydrogen-bond donors (Lipinski definition) is 3. The van der Waals surface area contributed by atoms with Crippen LogP contribution in [-0.2, 0) is 65.4 Å². The number of unbranched alkanes of at least 4 members (excludes halogenated alkanes) is 40. The van der Waals surface area contributed by atoms with Gasteiger partial charge in [0.05, 0.1) is 26.4 Å². The van der Waals surface area contributed by atoms with E-state index >= 15 is 0 Å². The van der Waals surface area contributed by atoms with Crippen molar-refractivity contribution in [2.24, 2.45) is 17.8 Å². The zero-order chi connectivity index (χ0) is 70.1. The molecule has 0 heterocycles. The molecule has 3 N–H and O–H groups in total. The van der Waals surface area contributed by atoms with Crippen LogP contribution in [0.3, 0.4) is 0 Å². The average Bonchev–Trinajstić information content (AvgIpc) is 2.30. The molecular formula is C76H148O17P2. The average molecular weight is 1400 g/mol. The normalized spacial score (nSPS) is 14.6. The van der Waals surface area contributed by atoms with Crippen molar-refractivity contribution in [2.45, 2.75) is 407 Å². The number of aliphatic hydroxyl groups excluding tert-OH is 1. The lowest BCUT2D eigenvalue weighted by molar-refractivity contribution is -0.161. The lowest BCUT2D eigenvalue weighted by Crippen LogP contribution is -2.30. The largest absolute Gasteiger partial charge is 0.472 e. The Hall–Kier alpha value is -1.94. The quantitative estimate of drug-likeness (QED) is 0.0222. The van der Waals surface area contributed by atoms with Gasteiger partial charge in [0.2, 0.25) is 0 Å². The number of hydrogen-bond acceptors (Lipinski definition) is 15. The van der Waals surface area contributed by atoms with Crippen LogP contribution >= 0.6 is 15.6 Å². The molecule has 0 rings (SSSR count). The van der Waals surface area contributed by atoms with E-state index in [4.69, 9.17) is 37.0 Å². The Morgan fingerprint density at radius 3 is 0.800 bits per heavy atom. The molecule has 19 heteroatoms. The maximum Gasteiger partial charge on any atom is 0.472 e. The molecule has 0 aliphatic rings. The maximum atomic E-state index is 13.1. The Kier molecular flexibility index (Phi) is 65.2. The van der Waals surface area contributed by atoms with Gasteiger partial charge in [0.15, 0.2) is 12.2 Å². The summed E-state index contributed by atoms with van der Waals surface area (Å²) >= 11 is 0. The van der Waals surface area contributed by atoms with Crippen molar-refractivity contribution in [1.29, 1.82) is 0 Å². The lowest BCUT2D eigenvalue weighted by Gasteiger charge is -2.21. The fourth-order valence-electron chi connectivity index (χ4n) is 11.5. The van der Waals surface area contributed by atoms with E-state index in [1.807, 2.05) is 0 Å². The molecular weight excluding hydrogens is 1250 g/mol. The van der Waals surface area contributed by atoms with Gasteiger partial charge in [-0.3, -0.25) is 37.3 Å². The summed E-state index contributed by atoms with van der Waals surface area (Å²) in [5.41, 5.74) is 0. The first kappa shape index (κ1) is 93.1. The molecule has 0 aliphatic carbocycles. The lowest BCUT2D eigenvalue weighted by atomic mass is 9.99. The number of esters is 4. The van der Waals surface area contributed by atoms with Crippen molar-refractivity contribution >= 4 is 39.5 Å². The molecule has 0 radical (unpaired) electrons. The van der Waals surface area contributed by atoms with E-state index in [1.54, 1.807) is 0 Å². The molecule has 0 saturated carbocycles. The van der Waals surface area contributed by atoms with Crippen molar-refractivity contribution in [1.82, 2.24) is 0 Å². The van der Waals surface area contributed by atoms with Gasteiger partial charge in [-0.25, -0.2) is 9.13 Å². The second-order valence-electron chi connectivity index (χ2n) is 28.4. The van der Waals surface area contributed by atoms with E-state index in [-0.39, 0.29) is 25.7 Å². The number of rotatable bonds is 74. The Morgan fingerprint density at radius 2 is 0.537 bits per heavy atom. The first-order valence-corrected chi connectivity index (χ1v) is 42.4. The summed E-state index contributed by atoms with van der Waals surface area (Å²) in [6, 6.07) is 0. The fraction of sp³-hybridized carbons (Fsp3) is 0.947. The van der Waals surface area contributed by atoms with Gasteiger partial charge in [-0.15, -0.1) is 0 Å². The van der Waals surface area contributed by atoms with E-state index in [0.29, 0.717) is 25.7 Å². The molecule has 0 saturated heterocycles. The zero-order valence-corrected chi connectivity index (χ0v) is 63.9. The number of aliphatic hydroxyl groups is 1. The van der Waals surface area contributed by atoms with E-state index in [2.05, 4.69) is 48.5 Å². The minimum absolute atomic E-state index is 0.106. The summed E-state index contributed by atoms with van der Waals surface area (Å²) in [5, 5.41) is 10.6. The Bertz CT molecular complexity index is 1860. The van der Waals surface area contributed by atoms with Crippen molar-refractivity contribution < 1.29 is 80.2 Å².